The van der Waals surface area contributed by atoms with Crippen LogP contribution in [0.25, 0.3) is 0 Å². The first-order valence-electron chi connectivity index (χ1n) is 6.15. The molecule has 0 aliphatic heterocycles. The summed E-state index contributed by atoms with van der Waals surface area (Å²) in [7, 11) is 0. The zero-order valence-electron chi connectivity index (χ0n) is 10.8. The topological polar surface area (TPSA) is 62.2 Å². The maximum Gasteiger partial charge on any atom is 0.252 e. The summed E-state index contributed by atoms with van der Waals surface area (Å²) in [6.45, 7) is 0.423. The third kappa shape index (κ3) is 3.92. The number of nitrogens with one attached hydrogen (secondary N) is 1. The zero-order chi connectivity index (χ0) is 14.2. The molecule has 0 aliphatic carbocycles. The Balaban J connectivity index is 2.07. The Labute approximate surface area is 121 Å². The van der Waals surface area contributed by atoms with Crippen molar-refractivity contribution in [3.63, 3.8) is 0 Å². The number of aromatic nitrogens is 1. The minimum Gasteiger partial charge on any atom is -0.395 e. The molecule has 0 bridgehead atoms. The molecule has 0 spiro atoms. The molecule has 5 heteroatoms. The number of thiazole rings is 1. The van der Waals surface area contributed by atoms with E-state index in [4.69, 9.17) is 5.11 Å². The van der Waals surface area contributed by atoms with Crippen molar-refractivity contribution in [3.8, 4) is 11.8 Å². The second-order valence-electron chi connectivity index (χ2n) is 3.98. The number of aliphatic hydroxyl groups excluding tert-OH is 1. The fourth-order valence-electron chi connectivity index (χ4n) is 1.59. The van der Waals surface area contributed by atoms with Gasteiger partial charge in [0.1, 0.15) is 0 Å². The van der Waals surface area contributed by atoms with E-state index in [0.717, 1.165) is 5.69 Å². The fourth-order valence-corrected chi connectivity index (χ4v) is 2.15. The predicted octanol–water partition coefficient (Wildman–Crippen LogP) is 1.81. The van der Waals surface area contributed by atoms with Crippen LogP contribution in [0, 0.1) is 11.8 Å². The summed E-state index contributed by atoms with van der Waals surface area (Å²) < 4.78 is 0. The summed E-state index contributed by atoms with van der Waals surface area (Å²) in [6, 6.07) is 7.16. The van der Waals surface area contributed by atoms with Gasteiger partial charge < -0.3 is 10.4 Å². The smallest absolute Gasteiger partial charge is 0.252 e. The fraction of sp³-hybridized carbons (Fsp3) is 0.200. The Morgan fingerprint density at radius 3 is 3.00 bits per heavy atom. The molecule has 1 aromatic carbocycles. The summed E-state index contributed by atoms with van der Waals surface area (Å²) in [4.78, 5) is 16.3. The Morgan fingerprint density at radius 2 is 2.25 bits per heavy atom. The lowest BCUT2D eigenvalue weighted by atomic mass is 10.1. The van der Waals surface area contributed by atoms with Crippen LogP contribution >= 0.6 is 11.3 Å². The highest BCUT2D eigenvalue weighted by atomic mass is 32.1. The van der Waals surface area contributed by atoms with Gasteiger partial charge in [0.25, 0.3) is 5.91 Å². The van der Waals surface area contributed by atoms with Crippen LogP contribution in [-0.2, 0) is 6.54 Å². The van der Waals surface area contributed by atoms with Gasteiger partial charge in [0, 0.05) is 17.4 Å². The first-order chi connectivity index (χ1) is 9.81. The number of aliphatic hydroxyl groups is 1. The van der Waals surface area contributed by atoms with Gasteiger partial charge in [-0.15, -0.1) is 11.3 Å². The number of rotatable bonds is 4. The van der Waals surface area contributed by atoms with Crippen molar-refractivity contribution >= 4 is 17.2 Å². The van der Waals surface area contributed by atoms with Crippen molar-refractivity contribution in [2.45, 2.75) is 13.0 Å². The third-order valence-corrected chi connectivity index (χ3v) is 3.18. The molecule has 102 valence electrons. The maximum atomic E-state index is 12.1. The first-order valence-corrected chi connectivity index (χ1v) is 7.09. The Morgan fingerprint density at radius 1 is 1.40 bits per heavy atom. The van der Waals surface area contributed by atoms with Gasteiger partial charge in [-0.3, -0.25) is 4.79 Å². The molecule has 0 aliphatic rings. The molecule has 2 aromatic rings. The minimum absolute atomic E-state index is 0.0190. The molecule has 0 saturated carbocycles. The molecular formula is C15H14N2O2S. The van der Waals surface area contributed by atoms with Gasteiger partial charge >= 0.3 is 0 Å². The summed E-state index contributed by atoms with van der Waals surface area (Å²) in [5, 5.41) is 13.4. The molecule has 0 radical (unpaired) electrons. The quantitative estimate of drug-likeness (QED) is 0.843. The Kier molecular flexibility index (Phi) is 5.30. The van der Waals surface area contributed by atoms with Crippen molar-refractivity contribution in [1.82, 2.24) is 10.3 Å². The van der Waals surface area contributed by atoms with Crippen LogP contribution in [0.4, 0.5) is 0 Å². The maximum absolute atomic E-state index is 12.1. The van der Waals surface area contributed by atoms with E-state index in [1.54, 1.807) is 23.7 Å². The van der Waals surface area contributed by atoms with Crippen molar-refractivity contribution in [2.24, 2.45) is 0 Å². The van der Waals surface area contributed by atoms with Gasteiger partial charge in [0.2, 0.25) is 0 Å². The summed E-state index contributed by atoms with van der Waals surface area (Å²) in [6.07, 6.45) is 0.398. The molecule has 0 fully saturated rings. The normalized spacial score (nSPS) is 9.65. The lowest BCUT2D eigenvalue weighted by Crippen LogP contribution is -2.23. The van der Waals surface area contributed by atoms with Crippen LogP contribution in [0.15, 0.2) is 35.2 Å². The highest BCUT2D eigenvalue weighted by molar-refractivity contribution is 7.07. The third-order valence-electron chi connectivity index (χ3n) is 2.55. The minimum atomic E-state index is -0.174. The standard InChI is InChI=1S/C15H14N2O2S/c18-8-4-3-6-12-5-1-2-7-14(12)15(19)16-9-13-10-20-11-17-13/h1-2,5,7,10-11,18H,4,8-9H2,(H,16,19). The van der Waals surface area contributed by atoms with Gasteiger partial charge in [-0.2, -0.15) is 0 Å². The van der Waals surface area contributed by atoms with E-state index in [1.165, 1.54) is 11.3 Å². The SMILES string of the molecule is O=C(NCc1cscn1)c1ccccc1C#CCCO. The first kappa shape index (κ1) is 14.3. The lowest BCUT2D eigenvalue weighted by Gasteiger charge is -2.05. The van der Waals surface area contributed by atoms with E-state index in [9.17, 15) is 4.79 Å². The van der Waals surface area contributed by atoms with E-state index < -0.39 is 0 Å². The highest BCUT2D eigenvalue weighted by Crippen LogP contribution is 2.08. The lowest BCUT2D eigenvalue weighted by molar-refractivity contribution is 0.0950. The predicted molar refractivity (Wildman–Crippen MR) is 78.3 cm³/mol. The van der Waals surface area contributed by atoms with Crippen LogP contribution in [0.1, 0.15) is 28.0 Å². The number of nitrogens with zero attached hydrogens (tertiary/aromatic N) is 1. The molecular weight excluding hydrogens is 272 g/mol. The van der Waals surface area contributed by atoms with Crippen LogP contribution < -0.4 is 5.32 Å². The van der Waals surface area contributed by atoms with E-state index in [2.05, 4.69) is 22.1 Å². The molecule has 1 amide bonds. The average molecular weight is 286 g/mol. The second-order valence-corrected chi connectivity index (χ2v) is 4.70. The highest BCUT2D eigenvalue weighted by Gasteiger charge is 2.09. The van der Waals surface area contributed by atoms with Gasteiger partial charge in [-0.1, -0.05) is 24.0 Å². The number of carbonyl (C=O) groups is 1. The molecule has 0 saturated heterocycles. The van der Waals surface area contributed by atoms with Gasteiger partial charge in [-0.25, -0.2) is 4.98 Å². The number of carbonyl (C=O) groups excluding carboxylic acids is 1. The van der Waals surface area contributed by atoms with Crippen LogP contribution in [0.5, 0.6) is 0 Å². The van der Waals surface area contributed by atoms with Gasteiger partial charge in [0.05, 0.1) is 29.9 Å². The summed E-state index contributed by atoms with van der Waals surface area (Å²) in [5.74, 6) is 5.56. The molecule has 20 heavy (non-hydrogen) atoms. The van der Waals surface area contributed by atoms with E-state index >= 15 is 0 Å². The molecule has 1 aromatic heterocycles. The van der Waals surface area contributed by atoms with Crippen LogP contribution in [0.2, 0.25) is 0 Å². The van der Waals surface area contributed by atoms with Crippen molar-refractivity contribution < 1.29 is 9.90 Å². The molecule has 4 nitrogen and oxygen atoms in total. The monoisotopic (exact) mass is 286 g/mol. The Bertz CT molecular complexity index is 627. The van der Waals surface area contributed by atoms with Crippen molar-refractivity contribution in [3.05, 3.63) is 52.0 Å². The van der Waals surface area contributed by atoms with E-state index in [0.29, 0.717) is 24.1 Å². The summed E-state index contributed by atoms with van der Waals surface area (Å²) in [5.41, 5.74) is 3.77. The molecule has 0 atom stereocenters. The van der Waals surface area contributed by atoms with E-state index in [-0.39, 0.29) is 12.5 Å². The van der Waals surface area contributed by atoms with Crippen molar-refractivity contribution in [2.75, 3.05) is 6.61 Å². The average Bonchev–Trinajstić information content (AvgIpc) is 2.99. The zero-order valence-corrected chi connectivity index (χ0v) is 11.6. The number of hydrogen-bond donors (Lipinski definition) is 2. The van der Waals surface area contributed by atoms with Crippen LogP contribution in [-0.4, -0.2) is 22.6 Å². The van der Waals surface area contributed by atoms with Crippen LogP contribution in [0.3, 0.4) is 0 Å². The molecule has 2 rings (SSSR count). The van der Waals surface area contributed by atoms with Gasteiger partial charge in [-0.05, 0) is 12.1 Å². The Hall–Kier alpha value is -2.16. The molecule has 1 heterocycles. The van der Waals surface area contributed by atoms with E-state index in [1.807, 2.05) is 11.4 Å². The molecule has 2 N–H and O–H groups in total. The number of amides is 1. The molecule has 0 unspecified atom stereocenters. The van der Waals surface area contributed by atoms with Gasteiger partial charge in [0.15, 0.2) is 0 Å². The summed E-state index contributed by atoms with van der Waals surface area (Å²) >= 11 is 1.50. The number of hydrogen-bond acceptors (Lipinski definition) is 4. The number of benzene rings is 1. The second kappa shape index (κ2) is 7.43. The largest absolute Gasteiger partial charge is 0.395 e. The van der Waals surface area contributed by atoms with Crippen molar-refractivity contribution in [1.29, 1.82) is 0 Å².